The van der Waals surface area contributed by atoms with Crippen molar-refractivity contribution in [2.24, 2.45) is 0 Å². The summed E-state index contributed by atoms with van der Waals surface area (Å²) in [6.07, 6.45) is 0. The van der Waals surface area contributed by atoms with Gasteiger partial charge in [-0.1, -0.05) is 41.5 Å². The van der Waals surface area contributed by atoms with Crippen LogP contribution in [-0.2, 0) is 0 Å². The van der Waals surface area contributed by atoms with Gasteiger partial charge in [0.1, 0.15) is 0 Å². The lowest BCUT2D eigenvalue weighted by Crippen LogP contribution is -2.45. The Balaban J connectivity index is 2.23. The van der Waals surface area contributed by atoms with E-state index in [0.29, 0.717) is 17.8 Å². The first-order valence-corrected chi connectivity index (χ1v) is 10.3. The SMILES string of the molecule is Cc1cc(C(C)C)nn1B(n1nc(C(C)C)cc1C)n1nc(C(C)C)cc1C. The monoisotopic (exact) mass is 380 g/mol. The second-order valence-corrected chi connectivity index (χ2v) is 8.78. The normalized spacial score (nSPS) is 12.0. The quantitative estimate of drug-likeness (QED) is 0.592. The molecule has 6 nitrogen and oxygen atoms in total. The zero-order valence-electron chi connectivity index (χ0n) is 18.7. The van der Waals surface area contributed by atoms with Crippen molar-refractivity contribution in [3.05, 3.63) is 52.4 Å². The van der Waals surface area contributed by atoms with Crippen LogP contribution in [0, 0.1) is 20.8 Å². The molecule has 0 radical (unpaired) electrons. The molecule has 0 unspecified atom stereocenters. The topological polar surface area (TPSA) is 53.5 Å². The lowest BCUT2D eigenvalue weighted by atomic mass is 9.93. The summed E-state index contributed by atoms with van der Waals surface area (Å²) < 4.78 is 6.18. The average molecular weight is 380 g/mol. The molecule has 0 fully saturated rings. The van der Waals surface area contributed by atoms with E-state index in [4.69, 9.17) is 15.3 Å². The second kappa shape index (κ2) is 7.61. The molecule has 0 aliphatic carbocycles. The van der Waals surface area contributed by atoms with Crippen molar-refractivity contribution in [2.75, 3.05) is 0 Å². The first kappa shape index (κ1) is 20.4. The molecule has 0 atom stereocenters. The van der Waals surface area contributed by atoms with Crippen LogP contribution < -0.4 is 0 Å². The fourth-order valence-electron chi connectivity index (χ4n) is 3.40. The summed E-state index contributed by atoms with van der Waals surface area (Å²) in [5.41, 5.74) is 6.59. The highest BCUT2D eigenvalue weighted by Gasteiger charge is 2.33. The van der Waals surface area contributed by atoms with Crippen LogP contribution in [0.4, 0.5) is 0 Å². The van der Waals surface area contributed by atoms with Gasteiger partial charge < -0.3 is 0 Å². The molecule has 0 aromatic carbocycles. The molecule has 28 heavy (non-hydrogen) atoms. The number of nitrogens with zero attached hydrogens (tertiary/aromatic N) is 6. The molecular weight excluding hydrogens is 347 g/mol. The third kappa shape index (κ3) is 3.67. The number of hydrogen-bond donors (Lipinski definition) is 0. The lowest BCUT2D eigenvalue weighted by Gasteiger charge is -2.18. The minimum atomic E-state index is -0.257. The van der Waals surface area contributed by atoms with Crippen molar-refractivity contribution < 1.29 is 0 Å². The van der Waals surface area contributed by atoms with Gasteiger partial charge in [0.05, 0.1) is 17.1 Å². The molecule has 3 aromatic heterocycles. The minimum Gasteiger partial charge on any atom is -0.266 e. The van der Waals surface area contributed by atoms with Gasteiger partial charge in [0.15, 0.2) is 0 Å². The van der Waals surface area contributed by atoms with Crippen molar-refractivity contribution in [3.63, 3.8) is 0 Å². The van der Waals surface area contributed by atoms with Crippen LogP contribution in [0.5, 0.6) is 0 Å². The molecule has 0 saturated carbocycles. The first-order valence-electron chi connectivity index (χ1n) is 10.3. The third-order valence-electron chi connectivity index (χ3n) is 5.25. The van der Waals surface area contributed by atoms with Crippen LogP contribution in [0.15, 0.2) is 18.2 Å². The van der Waals surface area contributed by atoms with E-state index in [1.807, 2.05) is 0 Å². The molecule has 0 spiro atoms. The van der Waals surface area contributed by atoms with E-state index in [9.17, 15) is 0 Å². The van der Waals surface area contributed by atoms with Crippen LogP contribution in [0.25, 0.3) is 0 Å². The maximum Gasteiger partial charge on any atom is 0.569 e. The van der Waals surface area contributed by atoms with Gasteiger partial charge in [-0.15, -0.1) is 0 Å². The molecular formula is C21H33BN6. The molecule has 0 aliphatic heterocycles. The number of aromatic nitrogens is 6. The van der Waals surface area contributed by atoms with E-state index in [1.54, 1.807) is 0 Å². The predicted octanol–water partition coefficient (Wildman–Crippen LogP) is 4.50. The molecule has 0 N–H and O–H groups in total. The molecule has 0 aliphatic rings. The van der Waals surface area contributed by atoms with E-state index in [-0.39, 0.29) is 7.12 Å². The largest absolute Gasteiger partial charge is 0.569 e. The highest BCUT2D eigenvalue weighted by molar-refractivity contribution is 6.53. The fraction of sp³-hybridized carbons (Fsp3) is 0.571. The van der Waals surface area contributed by atoms with E-state index < -0.39 is 0 Å². The van der Waals surface area contributed by atoms with Crippen LogP contribution >= 0.6 is 0 Å². The van der Waals surface area contributed by atoms with Crippen molar-refractivity contribution >= 4 is 7.12 Å². The molecule has 3 rings (SSSR count). The smallest absolute Gasteiger partial charge is 0.266 e. The van der Waals surface area contributed by atoms with E-state index in [2.05, 4.69) is 94.3 Å². The zero-order valence-corrected chi connectivity index (χ0v) is 18.7. The van der Waals surface area contributed by atoms with Crippen molar-refractivity contribution in [3.8, 4) is 0 Å². The summed E-state index contributed by atoms with van der Waals surface area (Å²) in [6.45, 7) is 19.4. The van der Waals surface area contributed by atoms with Gasteiger partial charge in [-0.2, -0.15) is 15.3 Å². The maximum absolute atomic E-state index is 4.95. The number of rotatable bonds is 6. The van der Waals surface area contributed by atoms with Gasteiger partial charge in [-0.3, -0.25) is 13.8 Å². The summed E-state index contributed by atoms with van der Waals surface area (Å²) in [6, 6.07) is 6.51. The average Bonchev–Trinajstić information content (AvgIpc) is 3.28. The molecule has 0 amide bonds. The van der Waals surface area contributed by atoms with Gasteiger partial charge in [-0.05, 0) is 56.7 Å². The second-order valence-electron chi connectivity index (χ2n) is 8.78. The Morgan fingerprint density at radius 1 is 0.571 bits per heavy atom. The number of aryl methyl sites for hydroxylation is 3. The van der Waals surface area contributed by atoms with Gasteiger partial charge in [0.25, 0.3) is 0 Å². The van der Waals surface area contributed by atoms with Crippen LogP contribution in [-0.4, -0.2) is 36.2 Å². The Hall–Kier alpha value is -2.31. The van der Waals surface area contributed by atoms with E-state index in [1.165, 1.54) is 0 Å². The standard InChI is InChI=1S/C21H33BN6/c1-13(2)19-10-16(7)26(23-19)22(27-17(8)11-20(24-27)14(3)4)28-18(9)12-21(25-28)15(5)6/h10-15H,1-9H3. The Morgan fingerprint density at radius 3 is 1.00 bits per heavy atom. The Kier molecular flexibility index (Phi) is 5.55. The molecule has 3 aromatic rings. The van der Waals surface area contributed by atoms with Gasteiger partial charge in [0, 0.05) is 17.1 Å². The Bertz CT molecular complexity index is 836. The summed E-state index contributed by atoms with van der Waals surface area (Å²) in [5.74, 6) is 1.11. The zero-order chi connectivity index (χ0) is 20.7. The molecule has 0 bridgehead atoms. The maximum atomic E-state index is 4.95. The van der Waals surface area contributed by atoms with Crippen molar-refractivity contribution in [1.82, 2.24) is 29.1 Å². The van der Waals surface area contributed by atoms with Gasteiger partial charge in [-0.25, -0.2) is 0 Å². The summed E-state index contributed by atoms with van der Waals surface area (Å²) >= 11 is 0. The summed E-state index contributed by atoms with van der Waals surface area (Å²) in [7, 11) is -0.257. The predicted molar refractivity (Wildman–Crippen MR) is 115 cm³/mol. The highest BCUT2D eigenvalue weighted by Crippen LogP contribution is 2.20. The van der Waals surface area contributed by atoms with E-state index in [0.717, 1.165) is 34.2 Å². The Morgan fingerprint density at radius 2 is 0.821 bits per heavy atom. The third-order valence-corrected chi connectivity index (χ3v) is 5.25. The summed E-state index contributed by atoms with van der Waals surface area (Å²) in [5, 5.41) is 14.8. The molecule has 150 valence electrons. The first-order chi connectivity index (χ1) is 13.1. The lowest BCUT2D eigenvalue weighted by molar-refractivity contribution is 0.694. The van der Waals surface area contributed by atoms with Gasteiger partial charge >= 0.3 is 7.12 Å². The highest BCUT2D eigenvalue weighted by atomic mass is 15.5. The van der Waals surface area contributed by atoms with E-state index >= 15 is 0 Å². The summed E-state index contributed by atoms with van der Waals surface area (Å²) in [4.78, 5) is 0. The van der Waals surface area contributed by atoms with Crippen molar-refractivity contribution in [2.45, 2.75) is 80.1 Å². The van der Waals surface area contributed by atoms with Gasteiger partial charge in [0.2, 0.25) is 0 Å². The molecule has 7 heteroatoms. The van der Waals surface area contributed by atoms with Crippen molar-refractivity contribution in [1.29, 1.82) is 0 Å². The fourth-order valence-corrected chi connectivity index (χ4v) is 3.40. The molecule has 3 heterocycles. The van der Waals surface area contributed by atoms with Crippen LogP contribution in [0.2, 0.25) is 0 Å². The minimum absolute atomic E-state index is 0.257. The van der Waals surface area contributed by atoms with Crippen LogP contribution in [0.3, 0.4) is 0 Å². The molecule has 0 saturated heterocycles. The van der Waals surface area contributed by atoms with Crippen LogP contribution in [0.1, 0.15) is 93.5 Å². The number of hydrogen-bond acceptors (Lipinski definition) is 3. The Labute approximate surface area is 169 Å².